The largest absolute Gasteiger partial charge is 0.497 e. The lowest BCUT2D eigenvalue weighted by molar-refractivity contribution is -0.0291. The van der Waals surface area contributed by atoms with Gasteiger partial charge >= 0.3 is 0 Å². The summed E-state index contributed by atoms with van der Waals surface area (Å²) in [4.78, 5) is 12.9. The molecule has 0 unspecified atom stereocenters. The van der Waals surface area contributed by atoms with Gasteiger partial charge in [-0.15, -0.1) is 11.6 Å². The molecule has 4 rings (SSSR count). The van der Waals surface area contributed by atoms with Gasteiger partial charge in [0, 0.05) is 6.54 Å². The molecule has 1 aliphatic rings. The number of fused-ring (bicyclic) bond motifs is 1. The highest BCUT2D eigenvalue weighted by Crippen LogP contribution is 2.32. The molecule has 0 amide bonds. The molecule has 0 spiro atoms. The number of hydrogen-bond acceptors (Lipinski definition) is 8. The van der Waals surface area contributed by atoms with Crippen LogP contribution in [0.3, 0.4) is 0 Å². The first-order valence-electron chi connectivity index (χ1n) is 8.74. The van der Waals surface area contributed by atoms with Gasteiger partial charge in [-0.2, -0.15) is 0 Å². The lowest BCUT2D eigenvalue weighted by Gasteiger charge is -2.16. The van der Waals surface area contributed by atoms with Crippen molar-refractivity contribution in [3.8, 4) is 5.75 Å². The minimum Gasteiger partial charge on any atom is -0.497 e. The van der Waals surface area contributed by atoms with E-state index in [1.807, 2.05) is 24.3 Å². The van der Waals surface area contributed by atoms with Gasteiger partial charge < -0.3 is 25.0 Å². The van der Waals surface area contributed by atoms with E-state index >= 15 is 0 Å². The van der Waals surface area contributed by atoms with Crippen LogP contribution >= 0.6 is 11.6 Å². The number of benzene rings is 1. The van der Waals surface area contributed by atoms with E-state index in [1.54, 1.807) is 11.7 Å². The number of halogens is 1. The van der Waals surface area contributed by atoms with Crippen molar-refractivity contribution in [3.05, 3.63) is 42.5 Å². The third-order valence-corrected chi connectivity index (χ3v) is 5.05. The lowest BCUT2D eigenvalue weighted by atomic mass is 10.1. The molecular formula is C18H20ClN5O4. The first kappa shape index (κ1) is 18.9. The minimum absolute atomic E-state index is 0.0744. The molecule has 28 heavy (non-hydrogen) atoms. The fraction of sp³-hybridized carbons (Fsp3) is 0.389. The SMILES string of the molecule is COc1ccc(CNc2ncnc3c2ncn3[C@@H]2O[C@H](CCl)[C@@H](O)[C@H]2O)cc1. The van der Waals surface area contributed by atoms with Crippen LogP contribution < -0.4 is 10.1 Å². The van der Waals surface area contributed by atoms with E-state index in [4.69, 9.17) is 21.1 Å². The van der Waals surface area contributed by atoms with Gasteiger partial charge in [0.25, 0.3) is 0 Å². The van der Waals surface area contributed by atoms with Gasteiger partial charge in [0.2, 0.25) is 0 Å². The molecule has 1 aromatic carbocycles. The number of hydrogen-bond donors (Lipinski definition) is 3. The Bertz CT molecular complexity index is 951. The second-order valence-electron chi connectivity index (χ2n) is 6.45. The number of nitrogens with zero attached hydrogens (tertiary/aromatic N) is 4. The Hall–Kier alpha value is -2.46. The highest BCUT2D eigenvalue weighted by Gasteiger charge is 2.43. The third-order valence-electron chi connectivity index (χ3n) is 4.74. The number of rotatable bonds is 6. The molecule has 3 aromatic rings. The highest BCUT2D eigenvalue weighted by molar-refractivity contribution is 6.18. The summed E-state index contributed by atoms with van der Waals surface area (Å²) in [6.07, 6.45) is -0.772. The number of methoxy groups -OCH3 is 1. The third kappa shape index (κ3) is 3.37. The lowest BCUT2D eigenvalue weighted by Crippen LogP contribution is -2.32. The molecule has 10 heteroatoms. The zero-order chi connectivity index (χ0) is 19.7. The first-order valence-corrected chi connectivity index (χ1v) is 9.27. The fourth-order valence-electron chi connectivity index (χ4n) is 3.18. The second kappa shape index (κ2) is 7.88. The van der Waals surface area contributed by atoms with E-state index in [-0.39, 0.29) is 5.88 Å². The van der Waals surface area contributed by atoms with Gasteiger partial charge in [-0.1, -0.05) is 12.1 Å². The molecule has 9 nitrogen and oxygen atoms in total. The summed E-state index contributed by atoms with van der Waals surface area (Å²) in [7, 11) is 1.63. The van der Waals surface area contributed by atoms with Crippen LogP contribution in [0.15, 0.2) is 36.9 Å². The van der Waals surface area contributed by atoms with Crippen molar-refractivity contribution >= 4 is 28.6 Å². The summed E-state index contributed by atoms with van der Waals surface area (Å²) in [5.41, 5.74) is 2.07. The smallest absolute Gasteiger partial charge is 0.167 e. The Morgan fingerprint density at radius 2 is 1.96 bits per heavy atom. The molecule has 4 atom stereocenters. The van der Waals surface area contributed by atoms with Crippen LogP contribution in [-0.4, -0.2) is 61.0 Å². The van der Waals surface area contributed by atoms with Crippen LogP contribution in [0, 0.1) is 0 Å². The number of imidazole rings is 1. The number of anilines is 1. The van der Waals surface area contributed by atoms with Crippen LogP contribution in [0.4, 0.5) is 5.82 Å². The molecule has 148 valence electrons. The van der Waals surface area contributed by atoms with Crippen LogP contribution in [0.25, 0.3) is 11.2 Å². The van der Waals surface area contributed by atoms with Gasteiger partial charge in [-0.05, 0) is 17.7 Å². The molecule has 2 aromatic heterocycles. The number of nitrogens with one attached hydrogen (secondary N) is 1. The van der Waals surface area contributed by atoms with E-state index < -0.39 is 24.5 Å². The quantitative estimate of drug-likeness (QED) is 0.526. The normalized spacial score (nSPS) is 24.6. The van der Waals surface area contributed by atoms with Crippen LogP contribution in [-0.2, 0) is 11.3 Å². The van der Waals surface area contributed by atoms with Crippen LogP contribution in [0.5, 0.6) is 5.75 Å². The standard InChI is InChI=1S/C18H20ClN5O4/c1-27-11-4-2-10(3-5-11)7-20-16-13-17(22-8-21-16)24(9-23-13)18-15(26)14(25)12(6-19)28-18/h2-5,8-9,12,14-15,18,25-26H,6-7H2,1H3,(H,20,21,22)/t12-,14-,15-,18-/m1/s1. The van der Waals surface area contributed by atoms with Crippen molar-refractivity contribution in [3.63, 3.8) is 0 Å². The average molecular weight is 406 g/mol. The summed E-state index contributed by atoms with van der Waals surface area (Å²) >= 11 is 5.79. The van der Waals surface area contributed by atoms with Crippen LogP contribution in [0.2, 0.25) is 0 Å². The Labute approximate surface area is 165 Å². The summed E-state index contributed by atoms with van der Waals surface area (Å²) in [6, 6.07) is 7.69. The highest BCUT2D eigenvalue weighted by atomic mass is 35.5. The molecule has 3 N–H and O–H groups in total. The summed E-state index contributed by atoms with van der Waals surface area (Å²) in [5.74, 6) is 1.42. The van der Waals surface area contributed by atoms with E-state index in [0.29, 0.717) is 23.5 Å². The number of aromatic nitrogens is 4. The Kier molecular flexibility index (Phi) is 5.31. The maximum Gasteiger partial charge on any atom is 0.167 e. The van der Waals surface area contributed by atoms with Crippen molar-refractivity contribution in [1.29, 1.82) is 0 Å². The maximum absolute atomic E-state index is 10.3. The van der Waals surface area contributed by atoms with E-state index in [2.05, 4.69) is 20.3 Å². The summed E-state index contributed by atoms with van der Waals surface area (Å²) < 4.78 is 12.4. The molecule has 0 radical (unpaired) electrons. The molecule has 3 heterocycles. The van der Waals surface area contributed by atoms with Crippen LogP contribution in [0.1, 0.15) is 11.8 Å². The van der Waals surface area contributed by atoms with E-state index in [0.717, 1.165) is 11.3 Å². The first-order chi connectivity index (χ1) is 13.6. The van der Waals surface area contributed by atoms with Crippen molar-refractivity contribution in [2.45, 2.75) is 31.1 Å². The predicted molar refractivity (Wildman–Crippen MR) is 102 cm³/mol. The molecule has 1 fully saturated rings. The van der Waals surface area contributed by atoms with Gasteiger partial charge in [-0.25, -0.2) is 15.0 Å². The molecule has 0 aliphatic carbocycles. The number of alkyl halides is 1. The fourth-order valence-corrected chi connectivity index (χ4v) is 3.44. The minimum atomic E-state index is -1.13. The summed E-state index contributed by atoms with van der Waals surface area (Å²) in [6.45, 7) is 0.540. The van der Waals surface area contributed by atoms with Crippen molar-refractivity contribution in [2.75, 3.05) is 18.3 Å². The van der Waals surface area contributed by atoms with Gasteiger partial charge in [0.15, 0.2) is 23.2 Å². The van der Waals surface area contributed by atoms with Gasteiger partial charge in [-0.3, -0.25) is 4.57 Å². The monoisotopic (exact) mass is 405 g/mol. The average Bonchev–Trinajstić information content (AvgIpc) is 3.28. The van der Waals surface area contributed by atoms with E-state index in [9.17, 15) is 10.2 Å². The van der Waals surface area contributed by atoms with Crippen molar-refractivity contribution in [1.82, 2.24) is 19.5 Å². The second-order valence-corrected chi connectivity index (χ2v) is 6.76. The number of aliphatic hydroxyl groups is 2. The Morgan fingerprint density at radius 3 is 2.64 bits per heavy atom. The molecular weight excluding hydrogens is 386 g/mol. The zero-order valence-corrected chi connectivity index (χ0v) is 15.8. The molecule has 1 aliphatic heterocycles. The number of aliphatic hydroxyl groups excluding tert-OH is 2. The molecule has 1 saturated heterocycles. The topological polar surface area (TPSA) is 115 Å². The predicted octanol–water partition coefficient (Wildman–Crippen LogP) is 1.30. The maximum atomic E-state index is 10.3. The number of ether oxygens (including phenoxy) is 2. The van der Waals surface area contributed by atoms with Crippen molar-refractivity contribution in [2.24, 2.45) is 0 Å². The van der Waals surface area contributed by atoms with Gasteiger partial charge in [0.1, 0.15) is 30.4 Å². The molecule has 0 bridgehead atoms. The van der Waals surface area contributed by atoms with Gasteiger partial charge in [0.05, 0.1) is 19.3 Å². The van der Waals surface area contributed by atoms with E-state index in [1.165, 1.54) is 12.7 Å². The summed E-state index contributed by atoms with van der Waals surface area (Å²) in [5, 5.41) is 23.6. The molecule has 0 saturated carbocycles. The Morgan fingerprint density at radius 1 is 1.18 bits per heavy atom. The Balaban J connectivity index is 1.56. The zero-order valence-electron chi connectivity index (χ0n) is 15.1. The van der Waals surface area contributed by atoms with Crippen molar-refractivity contribution < 1.29 is 19.7 Å².